The van der Waals surface area contributed by atoms with Gasteiger partial charge in [0.1, 0.15) is 23.3 Å². The number of ether oxygens (including phenoxy) is 3. The Morgan fingerprint density at radius 2 is 1.79 bits per heavy atom. The minimum Gasteiger partial charge on any atom is -0.490 e. The summed E-state index contributed by atoms with van der Waals surface area (Å²) < 4.78 is 17.7. The molecule has 0 aromatic heterocycles. The van der Waals surface area contributed by atoms with Crippen molar-refractivity contribution >= 4 is 40.3 Å². The largest absolute Gasteiger partial charge is 0.490 e. The number of nitrogens with one attached hydrogen (secondary N) is 1. The molecule has 2 aromatic rings. The van der Waals surface area contributed by atoms with Crippen molar-refractivity contribution in [2.24, 2.45) is 0 Å². The molecule has 0 atom stereocenters. The number of amides is 1. The second-order valence-corrected chi connectivity index (χ2v) is 7.72. The van der Waals surface area contributed by atoms with Crippen LogP contribution in [-0.4, -0.2) is 30.0 Å². The molecule has 28 heavy (non-hydrogen) atoms. The zero-order chi connectivity index (χ0) is 19.9. The molecule has 2 aromatic carbocycles. The molecule has 1 N–H and O–H groups in total. The van der Waals surface area contributed by atoms with E-state index in [4.69, 9.17) is 26.4 Å². The van der Waals surface area contributed by atoms with Gasteiger partial charge in [0.05, 0.1) is 11.5 Å². The van der Waals surface area contributed by atoms with E-state index in [0.717, 1.165) is 11.3 Å². The van der Waals surface area contributed by atoms with Gasteiger partial charge in [-0.3, -0.25) is 4.79 Å². The van der Waals surface area contributed by atoms with Crippen molar-refractivity contribution in [3.05, 3.63) is 58.5 Å². The average Bonchev–Trinajstić information content (AvgIpc) is 2.99. The Balaban J connectivity index is 1.62. The van der Waals surface area contributed by atoms with Gasteiger partial charge in [0.15, 0.2) is 11.5 Å². The zero-order valence-corrected chi connectivity index (χ0v) is 17.3. The highest BCUT2D eigenvalue weighted by molar-refractivity contribution is 8.26. The molecule has 1 aliphatic heterocycles. The van der Waals surface area contributed by atoms with Crippen molar-refractivity contribution in [3.8, 4) is 17.2 Å². The van der Waals surface area contributed by atoms with Crippen LogP contribution in [0.25, 0.3) is 6.08 Å². The number of hydrogen-bond donors (Lipinski definition) is 1. The van der Waals surface area contributed by atoms with Gasteiger partial charge in [0, 0.05) is 0 Å². The van der Waals surface area contributed by atoms with Gasteiger partial charge in [-0.15, -0.1) is 0 Å². The predicted octanol–water partition coefficient (Wildman–Crippen LogP) is 4.34. The fourth-order valence-electron chi connectivity index (χ4n) is 2.52. The molecule has 1 fully saturated rings. The molecule has 1 aliphatic rings. The molecular formula is C21H21NO4S2. The van der Waals surface area contributed by atoms with Crippen LogP contribution < -0.4 is 19.5 Å². The molecule has 0 unspecified atom stereocenters. The monoisotopic (exact) mass is 415 g/mol. The minimum atomic E-state index is -0.179. The lowest BCUT2D eigenvalue weighted by atomic mass is 10.2. The maximum absolute atomic E-state index is 11.8. The van der Waals surface area contributed by atoms with Crippen molar-refractivity contribution < 1.29 is 19.0 Å². The van der Waals surface area contributed by atoms with Crippen LogP contribution in [0.2, 0.25) is 0 Å². The maximum Gasteiger partial charge on any atom is 0.263 e. The third-order valence-corrected chi connectivity index (χ3v) is 5.00. The molecule has 5 nitrogen and oxygen atoms in total. The summed E-state index contributed by atoms with van der Waals surface area (Å²) in [4.78, 5) is 12.4. The SMILES string of the molecule is CCOc1cc(/C=C2\SC(=S)NC2=O)ccc1OCCOc1ccc(C)cc1. The van der Waals surface area contributed by atoms with Gasteiger partial charge in [-0.05, 0) is 49.8 Å². The van der Waals surface area contributed by atoms with Crippen LogP contribution >= 0.6 is 24.0 Å². The van der Waals surface area contributed by atoms with E-state index in [0.29, 0.717) is 40.5 Å². The van der Waals surface area contributed by atoms with Crippen LogP contribution in [0.4, 0.5) is 0 Å². The Bertz CT molecular complexity index is 894. The molecule has 1 amide bonds. The number of benzene rings is 2. The summed E-state index contributed by atoms with van der Waals surface area (Å²) in [6, 6.07) is 13.4. The molecule has 0 radical (unpaired) electrons. The first-order chi connectivity index (χ1) is 13.5. The van der Waals surface area contributed by atoms with Crippen molar-refractivity contribution in [1.82, 2.24) is 5.32 Å². The van der Waals surface area contributed by atoms with E-state index in [1.165, 1.54) is 17.3 Å². The van der Waals surface area contributed by atoms with E-state index in [-0.39, 0.29) is 5.91 Å². The number of aryl methyl sites for hydroxylation is 1. The molecule has 1 saturated heterocycles. The van der Waals surface area contributed by atoms with Gasteiger partial charge in [0.2, 0.25) is 0 Å². The van der Waals surface area contributed by atoms with Crippen molar-refractivity contribution in [2.45, 2.75) is 13.8 Å². The summed E-state index contributed by atoms with van der Waals surface area (Å²) in [5.41, 5.74) is 2.03. The van der Waals surface area contributed by atoms with E-state index in [2.05, 4.69) is 5.32 Å². The Morgan fingerprint density at radius 1 is 1.04 bits per heavy atom. The number of carbonyl (C=O) groups excluding carboxylic acids is 1. The second kappa shape index (κ2) is 9.61. The van der Waals surface area contributed by atoms with E-state index in [9.17, 15) is 4.79 Å². The average molecular weight is 416 g/mol. The molecule has 3 rings (SSSR count). The lowest BCUT2D eigenvalue weighted by Crippen LogP contribution is -2.17. The van der Waals surface area contributed by atoms with Crippen molar-refractivity contribution in [2.75, 3.05) is 19.8 Å². The van der Waals surface area contributed by atoms with Gasteiger partial charge < -0.3 is 19.5 Å². The topological polar surface area (TPSA) is 56.8 Å². The normalized spacial score (nSPS) is 14.9. The first kappa shape index (κ1) is 20.2. The highest BCUT2D eigenvalue weighted by Gasteiger charge is 2.22. The lowest BCUT2D eigenvalue weighted by molar-refractivity contribution is -0.115. The Morgan fingerprint density at radius 3 is 2.46 bits per heavy atom. The highest BCUT2D eigenvalue weighted by Crippen LogP contribution is 2.32. The fraction of sp³-hybridized carbons (Fsp3) is 0.238. The van der Waals surface area contributed by atoms with Crippen LogP contribution in [0.15, 0.2) is 47.4 Å². The molecule has 0 saturated carbocycles. The third-order valence-electron chi connectivity index (χ3n) is 3.84. The minimum absolute atomic E-state index is 0.179. The third kappa shape index (κ3) is 5.50. The molecule has 1 heterocycles. The van der Waals surface area contributed by atoms with Gasteiger partial charge in [-0.1, -0.05) is 47.7 Å². The molecule has 0 spiro atoms. The summed E-state index contributed by atoms with van der Waals surface area (Å²) in [6.45, 7) is 5.27. The maximum atomic E-state index is 11.8. The van der Waals surface area contributed by atoms with Gasteiger partial charge >= 0.3 is 0 Å². The first-order valence-electron chi connectivity index (χ1n) is 8.89. The molecular weight excluding hydrogens is 394 g/mol. The summed E-state index contributed by atoms with van der Waals surface area (Å²) in [5, 5.41) is 2.61. The van der Waals surface area contributed by atoms with Crippen LogP contribution in [-0.2, 0) is 4.79 Å². The summed E-state index contributed by atoms with van der Waals surface area (Å²) >= 11 is 6.26. The van der Waals surface area contributed by atoms with Crippen LogP contribution in [0, 0.1) is 6.92 Å². The number of carbonyl (C=O) groups is 1. The van der Waals surface area contributed by atoms with Crippen LogP contribution in [0.5, 0.6) is 17.2 Å². The lowest BCUT2D eigenvalue weighted by Gasteiger charge is -2.13. The van der Waals surface area contributed by atoms with Crippen molar-refractivity contribution in [1.29, 1.82) is 0 Å². The predicted molar refractivity (Wildman–Crippen MR) is 116 cm³/mol. The summed E-state index contributed by atoms with van der Waals surface area (Å²) in [5.74, 6) is 1.89. The smallest absolute Gasteiger partial charge is 0.263 e. The zero-order valence-electron chi connectivity index (χ0n) is 15.7. The Kier molecular flexibility index (Phi) is 6.95. The molecule has 146 valence electrons. The Labute approximate surface area is 174 Å². The molecule has 0 bridgehead atoms. The van der Waals surface area contributed by atoms with Gasteiger partial charge in [0.25, 0.3) is 5.91 Å². The fourth-order valence-corrected chi connectivity index (χ4v) is 3.56. The molecule has 0 aliphatic carbocycles. The van der Waals surface area contributed by atoms with Crippen LogP contribution in [0.1, 0.15) is 18.1 Å². The number of rotatable bonds is 8. The van der Waals surface area contributed by atoms with E-state index in [1.54, 1.807) is 6.08 Å². The second-order valence-electron chi connectivity index (χ2n) is 6.00. The summed E-state index contributed by atoms with van der Waals surface area (Å²) in [7, 11) is 0. The van der Waals surface area contributed by atoms with Crippen molar-refractivity contribution in [3.63, 3.8) is 0 Å². The molecule has 7 heteroatoms. The van der Waals surface area contributed by atoms with E-state index in [1.807, 2.05) is 56.3 Å². The summed E-state index contributed by atoms with van der Waals surface area (Å²) in [6.07, 6.45) is 1.78. The standard InChI is InChI=1S/C21H21NO4S2/c1-3-24-18-12-15(13-19-20(23)22-21(27)28-19)6-9-17(18)26-11-10-25-16-7-4-14(2)5-8-16/h4-9,12-13H,3,10-11H2,1-2H3,(H,22,23,27)/b19-13-. The first-order valence-corrected chi connectivity index (χ1v) is 10.1. The highest BCUT2D eigenvalue weighted by atomic mass is 32.2. The Hall–Kier alpha value is -2.51. The number of thiocarbonyl (C=S) groups is 1. The van der Waals surface area contributed by atoms with Gasteiger partial charge in [-0.25, -0.2) is 0 Å². The van der Waals surface area contributed by atoms with Gasteiger partial charge in [-0.2, -0.15) is 0 Å². The van der Waals surface area contributed by atoms with E-state index >= 15 is 0 Å². The number of hydrogen-bond acceptors (Lipinski definition) is 6. The quantitative estimate of drug-likeness (QED) is 0.393. The van der Waals surface area contributed by atoms with Crippen LogP contribution in [0.3, 0.4) is 0 Å². The van der Waals surface area contributed by atoms with E-state index < -0.39 is 0 Å². The number of thioether (sulfide) groups is 1.